The molecule has 1 saturated heterocycles. The molecule has 10 heteroatoms. The fourth-order valence-corrected chi connectivity index (χ4v) is 3.24. The third-order valence-corrected chi connectivity index (χ3v) is 4.73. The number of carbonyl (C=O) groups excluding carboxylic acids is 1. The van der Waals surface area contributed by atoms with Crippen LogP contribution >= 0.6 is 0 Å². The maximum Gasteiger partial charge on any atom is 0.416 e. The maximum absolute atomic E-state index is 13.2. The van der Waals surface area contributed by atoms with Gasteiger partial charge in [0.25, 0.3) is 0 Å². The Kier molecular flexibility index (Phi) is 6.35. The van der Waals surface area contributed by atoms with Crippen LogP contribution in [-0.2, 0) is 35.0 Å². The van der Waals surface area contributed by atoms with Crippen molar-refractivity contribution in [3.8, 4) is 0 Å². The van der Waals surface area contributed by atoms with E-state index in [4.69, 9.17) is 4.74 Å². The van der Waals surface area contributed by atoms with E-state index in [1.54, 1.807) is 12.1 Å². The molecule has 30 heavy (non-hydrogen) atoms. The Hall–Kier alpha value is -2.62. The monoisotopic (exact) mass is 432 g/mol. The second-order valence-electron chi connectivity index (χ2n) is 7.02. The third kappa shape index (κ3) is 5.50. The topological polar surface area (TPSA) is 42.4 Å². The summed E-state index contributed by atoms with van der Waals surface area (Å²) < 4.78 is 84.1. The molecule has 4 nitrogen and oxygen atoms in total. The van der Waals surface area contributed by atoms with Crippen molar-refractivity contribution < 1.29 is 35.9 Å². The summed E-state index contributed by atoms with van der Waals surface area (Å²) in [6, 6.07) is 4.61. The van der Waals surface area contributed by atoms with Gasteiger partial charge in [-0.1, -0.05) is 0 Å². The summed E-state index contributed by atoms with van der Waals surface area (Å²) in [5, 5.41) is 0. The van der Waals surface area contributed by atoms with Gasteiger partial charge < -0.3 is 9.64 Å². The number of hydrogen-bond acceptors (Lipinski definition) is 3. The number of aromatic nitrogens is 1. The molecule has 0 spiro atoms. The zero-order valence-electron chi connectivity index (χ0n) is 15.6. The first-order chi connectivity index (χ1) is 14.0. The molecule has 0 radical (unpaired) electrons. The summed E-state index contributed by atoms with van der Waals surface area (Å²) in [6.07, 6.45) is -6.47. The van der Waals surface area contributed by atoms with E-state index in [0.29, 0.717) is 30.7 Å². The Bertz CT molecular complexity index is 845. The predicted molar refractivity (Wildman–Crippen MR) is 93.9 cm³/mol. The maximum atomic E-state index is 13.2. The summed E-state index contributed by atoms with van der Waals surface area (Å²) >= 11 is 0. The molecule has 0 N–H and O–H groups in total. The van der Waals surface area contributed by atoms with Crippen LogP contribution < -0.4 is 0 Å². The minimum Gasteiger partial charge on any atom is -0.381 e. The SMILES string of the molecule is O=C(C1CCOC1)N(Cc1ccncc1)Cc1cc(C(F)(F)F)cc(C(F)(F)F)c1. The fraction of sp³-hybridized carbons (Fsp3) is 0.400. The van der Waals surface area contributed by atoms with E-state index in [2.05, 4.69) is 4.98 Å². The molecule has 162 valence electrons. The van der Waals surface area contributed by atoms with Crippen molar-refractivity contribution in [1.82, 2.24) is 9.88 Å². The van der Waals surface area contributed by atoms with Crippen LogP contribution in [0.15, 0.2) is 42.7 Å². The predicted octanol–water partition coefficient (Wildman–Crippen LogP) is 4.68. The Balaban J connectivity index is 1.95. The van der Waals surface area contributed by atoms with Crippen LogP contribution in [0.25, 0.3) is 0 Å². The van der Waals surface area contributed by atoms with Gasteiger partial charge in [-0.15, -0.1) is 0 Å². The first-order valence-corrected chi connectivity index (χ1v) is 9.08. The van der Waals surface area contributed by atoms with Gasteiger partial charge in [-0.05, 0) is 47.9 Å². The van der Waals surface area contributed by atoms with Gasteiger partial charge in [0.05, 0.1) is 23.7 Å². The minimum atomic E-state index is -4.95. The van der Waals surface area contributed by atoms with E-state index < -0.39 is 35.9 Å². The fourth-order valence-electron chi connectivity index (χ4n) is 3.24. The van der Waals surface area contributed by atoms with E-state index in [9.17, 15) is 31.1 Å². The highest BCUT2D eigenvalue weighted by Gasteiger charge is 2.37. The largest absolute Gasteiger partial charge is 0.416 e. The average molecular weight is 432 g/mol. The molecule has 1 aromatic heterocycles. The molecule has 1 amide bonds. The molecular weight excluding hydrogens is 414 g/mol. The Morgan fingerprint density at radius 3 is 2.03 bits per heavy atom. The lowest BCUT2D eigenvalue weighted by Crippen LogP contribution is -2.35. The molecule has 3 rings (SSSR count). The Morgan fingerprint density at radius 2 is 1.53 bits per heavy atom. The third-order valence-electron chi connectivity index (χ3n) is 4.73. The van der Waals surface area contributed by atoms with E-state index in [0.717, 1.165) is 0 Å². The van der Waals surface area contributed by atoms with Crippen LogP contribution in [-0.4, -0.2) is 29.0 Å². The molecular formula is C20H18F6N2O2. The van der Waals surface area contributed by atoms with Gasteiger partial charge in [0.2, 0.25) is 5.91 Å². The second kappa shape index (κ2) is 8.63. The van der Waals surface area contributed by atoms with Crippen LogP contribution in [0.1, 0.15) is 28.7 Å². The van der Waals surface area contributed by atoms with E-state index in [-0.39, 0.29) is 30.7 Å². The van der Waals surface area contributed by atoms with Gasteiger partial charge in [0.15, 0.2) is 0 Å². The molecule has 1 aromatic carbocycles. The summed E-state index contributed by atoms with van der Waals surface area (Å²) in [6.45, 7) is 0.170. The summed E-state index contributed by atoms with van der Waals surface area (Å²) in [7, 11) is 0. The number of rotatable bonds is 5. The summed E-state index contributed by atoms with van der Waals surface area (Å²) in [4.78, 5) is 18.0. The van der Waals surface area contributed by atoms with Crippen molar-refractivity contribution in [2.45, 2.75) is 31.9 Å². The highest BCUT2D eigenvalue weighted by atomic mass is 19.4. The van der Waals surface area contributed by atoms with Crippen LogP contribution in [0, 0.1) is 5.92 Å². The lowest BCUT2D eigenvalue weighted by Gasteiger charge is -2.26. The average Bonchev–Trinajstić information content (AvgIpc) is 3.21. The number of ether oxygens (including phenoxy) is 1. The van der Waals surface area contributed by atoms with Gasteiger partial charge in [0.1, 0.15) is 0 Å². The molecule has 0 bridgehead atoms. The molecule has 1 aliphatic rings. The van der Waals surface area contributed by atoms with Gasteiger partial charge in [-0.25, -0.2) is 0 Å². The second-order valence-corrected chi connectivity index (χ2v) is 7.02. The first kappa shape index (κ1) is 22.1. The van der Waals surface area contributed by atoms with Gasteiger partial charge in [-0.2, -0.15) is 26.3 Å². The number of carbonyl (C=O) groups is 1. The molecule has 1 atom stereocenters. The zero-order chi connectivity index (χ0) is 21.9. The lowest BCUT2D eigenvalue weighted by molar-refractivity contribution is -0.143. The van der Waals surface area contributed by atoms with Crippen LogP contribution in [0.3, 0.4) is 0 Å². The summed E-state index contributed by atoms with van der Waals surface area (Å²) in [5.74, 6) is -0.866. The number of pyridine rings is 1. The van der Waals surface area contributed by atoms with Crippen LogP contribution in [0.2, 0.25) is 0 Å². The van der Waals surface area contributed by atoms with Gasteiger partial charge in [0, 0.05) is 32.1 Å². The van der Waals surface area contributed by atoms with Crippen molar-refractivity contribution in [1.29, 1.82) is 0 Å². The number of nitrogens with zero attached hydrogens (tertiary/aromatic N) is 2. The quantitative estimate of drug-likeness (QED) is 0.645. The van der Waals surface area contributed by atoms with E-state index in [1.807, 2.05) is 0 Å². The van der Waals surface area contributed by atoms with E-state index in [1.165, 1.54) is 17.3 Å². The van der Waals surface area contributed by atoms with Crippen molar-refractivity contribution >= 4 is 5.91 Å². The van der Waals surface area contributed by atoms with Crippen LogP contribution in [0.5, 0.6) is 0 Å². The Labute approximate surface area is 168 Å². The summed E-state index contributed by atoms with van der Waals surface area (Å²) in [5.41, 5.74) is -2.42. The molecule has 2 aromatic rings. The smallest absolute Gasteiger partial charge is 0.381 e. The number of halogens is 6. The number of amides is 1. The molecule has 1 fully saturated rings. The van der Waals surface area contributed by atoms with Crippen LogP contribution in [0.4, 0.5) is 26.3 Å². The number of benzene rings is 1. The molecule has 2 heterocycles. The first-order valence-electron chi connectivity index (χ1n) is 9.08. The Morgan fingerprint density at radius 1 is 0.967 bits per heavy atom. The number of alkyl halides is 6. The minimum absolute atomic E-state index is 0.0233. The van der Waals surface area contributed by atoms with Crippen molar-refractivity contribution in [3.63, 3.8) is 0 Å². The molecule has 0 saturated carbocycles. The van der Waals surface area contributed by atoms with Crippen molar-refractivity contribution in [2.75, 3.05) is 13.2 Å². The molecule has 1 aliphatic heterocycles. The van der Waals surface area contributed by atoms with Crippen molar-refractivity contribution in [3.05, 3.63) is 65.0 Å². The normalized spacial score (nSPS) is 17.2. The zero-order valence-corrected chi connectivity index (χ0v) is 15.6. The van der Waals surface area contributed by atoms with E-state index >= 15 is 0 Å². The highest BCUT2D eigenvalue weighted by Crippen LogP contribution is 2.36. The number of hydrogen-bond donors (Lipinski definition) is 0. The molecule has 0 aliphatic carbocycles. The lowest BCUT2D eigenvalue weighted by atomic mass is 10.0. The highest BCUT2D eigenvalue weighted by molar-refractivity contribution is 5.79. The molecule has 1 unspecified atom stereocenters. The van der Waals surface area contributed by atoms with Gasteiger partial charge >= 0.3 is 12.4 Å². The van der Waals surface area contributed by atoms with Crippen molar-refractivity contribution in [2.24, 2.45) is 5.92 Å². The standard InChI is InChI=1S/C20H18F6N2O2/c21-19(22,23)16-7-14(8-17(9-16)20(24,25)26)11-28(10-13-1-4-27-5-2-13)18(29)15-3-6-30-12-15/h1-2,4-5,7-9,15H,3,6,10-12H2. The van der Waals surface area contributed by atoms with Gasteiger partial charge in [-0.3, -0.25) is 9.78 Å².